The van der Waals surface area contributed by atoms with Crippen LogP contribution in [0.15, 0.2) is 60.7 Å². The normalized spacial score (nSPS) is 18.3. The van der Waals surface area contributed by atoms with Gasteiger partial charge in [0.05, 0.1) is 6.61 Å². The maximum absolute atomic E-state index is 12.8. The van der Waals surface area contributed by atoms with Crippen LogP contribution < -0.4 is 0 Å². The molecule has 0 aliphatic carbocycles. The molecule has 2 aromatic carbocycles. The second-order valence-corrected chi connectivity index (χ2v) is 7.92. The van der Waals surface area contributed by atoms with Gasteiger partial charge >= 0.3 is 6.09 Å². The number of amides is 2. The van der Waals surface area contributed by atoms with Crippen LogP contribution in [0.1, 0.15) is 43.9 Å². The number of hydrogen-bond donors (Lipinski definition) is 0. The number of ether oxygens (including phenoxy) is 2. The summed E-state index contributed by atoms with van der Waals surface area (Å²) in [4.78, 5) is 26.2. The minimum absolute atomic E-state index is 0.155. The maximum atomic E-state index is 12.8. The molecule has 1 heterocycles. The molecule has 3 rings (SSSR count). The summed E-state index contributed by atoms with van der Waals surface area (Å²) >= 11 is 0. The third-order valence-electron chi connectivity index (χ3n) is 5.17. The van der Waals surface area contributed by atoms with Crippen LogP contribution in [-0.2, 0) is 20.9 Å². The standard InChI is InChI=1S/C24H29NO4/c1-18(13-19(2)15-28-16-20-9-5-3-6-10-20)14-23(26)25-22(17-29-24(25)27)21-11-7-4-8-12-21/h3-12,18-19,22H,13-17H2,1-2H3/t18-,19-,22+/m0/s1. The van der Waals surface area contributed by atoms with Gasteiger partial charge in [-0.25, -0.2) is 9.69 Å². The van der Waals surface area contributed by atoms with Crippen molar-refractivity contribution in [1.29, 1.82) is 0 Å². The zero-order valence-electron chi connectivity index (χ0n) is 17.1. The van der Waals surface area contributed by atoms with Crippen LogP contribution in [0.25, 0.3) is 0 Å². The van der Waals surface area contributed by atoms with E-state index >= 15 is 0 Å². The summed E-state index contributed by atoms with van der Waals surface area (Å²) in [5.74, 6) is 0.311. The van der Waals surface area contributed by atoms with E-state index in [0.717, 1.165) is 17.5 Å². The first kappa shape index (κ1) is 21.1. The number of nitrogens with zero attached hydrogens (tertiary/aromatic N) is 1. The van der Waals surface area contributed by atoms with Crippen molar-refractivity contribution in [2.24, 2.45) is 11.8 Å². The van der Waals surface area contributed by atoms with E-state index in [1.807, 2.05) is 67.6 Å². The average molecular weight is 395 g/mol. The lowest BCUT2D eigenvalue weighted by Crippen LogP contribution is -2.35. The molecule has 0 saturated carbocycles. The van der Waals surface area contributed by atoms with Gasteiger partial charge in [-0.15, -0.1) is 0 Å². The first-order valence-corrected chi connectivity index (χ1v) is 10.2. The Bertz CT molecular complexity index is 793. The Morgan fingerprint density at radius 1 is 1.07 bits per heavy atom. The summed E-state index contributed by atoms with van der Waals surface area (Å²) < 4.78 is 11.0. The van der Waals surface area contributed by atoms with Crippen LogP contribution in [0.2, 0.25) is 0 Å². The first-order chi connectivity index (χ1) is 14.0. The molecule has 0 N–H and O–H groups in total. The molecular weight excluding hydrogens is 366 g/mol. The molecule has 5 heteroatoms. The third kappa shape index (κ3) is 5.91. The summed E-state index contributed by atoms with van der Waals surface area (Å²) in [6.45, 7) is 5.63. The summed E-state index contributed by atoms with van der Waals surface area (Å²) in [6.07, 6.45) is 0.635. The van der Waals surface area contributed by atoms with Crippen molar-refractivity contribution < 1.29 is 19.1 Å². The van der Waals surface area contributed by atoms with E-state index in [-0.39, 0.29) is 24.5 Å². The van der Waals surface area contributed by atoms with Crippen LogP contribution in [0, 0.1) is 11.8 Å². The van der Waals surface area contributed by atoms with Gasteiger partial charge in [-0.05, 0) is 29.4 Å². The van der Waals surface area contributed by atoms with Gasteiger partial charge in [-0.3, -0.25) is 4.79 Å². The highest BCUT2D eigenvalue weighted by molar-refractivity contribution is 5.93. The smallest absolute Gasteiger partial charge is 0.417 e. The quantitative estimate of drug-likeness (QED) is 0.601. The first-order valence-electron chi connectivity index (χ1n) is 10.2. The average Bonchev–Trinajstić information content (AvgIpc) is 3.11. The maximum Gasteiger partial charge on any atom is 0.417 e. The molecule has 5 nitrogen and oxygen atoms in total. The molecule has 1 saturated heterocycles. The van der Waals surface area contributed by atoms with Crippen molar-refractivity contribution in [2.45, 2.75) is 39.3 Å². The van der Waals surface area contributed by atoms with Crippen LogP contribution >= 0.6 is 0 Å². The predicted molar refractivity (Wildman–Crippen MR) is 111 cm³/mol. The Morgan fingerprint density at radius 3 is 2.41 bits per heavy atom. The molecular formula is C24H29NO4. The molecule has 154 valence electrons. The Hall–Kier alpha value is -2.66. The molecule has 0 bridgehead atoms. The number of rotatable bonds is 9. The molecule has 1 aliphatic rings. The molecule has 29 heavy (non-hydrogen) atoms. The fraction of sp³-hybridized carbons (Fsp3) is 0.417. The van der Waals surface area contributed by atoms with E-state index in [1.165, 1.54) is 4.90 Å². The van der Waals surface area contributed by atoms with E-state index in [2.05, 4.69) is 6.92 Å². The van der Waals surface area contributed by atoms with Gasteiger partial charge in [0.25, 0.3) is 0 Å². The Balaban J connectivity index is 1.47. The van der Waals surface area contributed by atoms with E-state index < -0.39 is 6.09 Å². The second kappa shape index (κ2) is 10.2. The molecule has 0 unspecified atom stereocenters. The monoisotopic (exact) mass is 395 g/mol. The molecule has 0 spiro atoms. The lowest BCUT2D eigenvalue weighted by Gasteiger charge is -2.23. The van der Waals surface area contributed by atoms with E-state index in [1.54, 1.807) is 0 Å². The van der Waals surface area contributed by atoms with Crippen LogP contribution in [0.3, 0.4) is 0 Å². The highest BCUT2D eigenvalue weighted by atomic mass is 16.6. The summed E-state index contributed by atoms with van der Waals surface area (Å²) in [5, 5.41) is 0. The number of benzene rings is 2. The van der Waals surface area contributed by atoms with Gasteiger partial charge in [0.15, 0.2) is 0 Å². The predicted octanol–water partition coefficient (Wildman–Crippen LogP) is 4.98. The Kier molecular flexibility index (Phi) is 7.42. The molecule has 1 fully saturated rings. The third-order valence-corrected chi connectivity index (χ3v) is 5.17. The molecule has 0 radical (unpaired) electrons. The molecule has 2 aromatic rings. The molecule has 0 aromatic heterocycles. The number of cyclic esters (lactones) is 1. The second-order valence-electron chi connectivity index (χ2n) is 7.92. The lowest BCUT2D eigenvalue weighted by molar-refractivity contribution is -0.130. The number of carbonyl (C=O) groups is 2. The summed E-state index contributed by atoms with van der Waals surface area (Å²) in [7, 11) is 0. The van der Waals surface area contributed by atoms with Crippen LogP contribution in [-0.4, -0.2) is 30.1 Å². The van der Waals surface area contributed by atoms with Crippen molar-refractivity contribution in [3.63, 3.8) is 0 Å². The number of imide groups is 1. The van der Waals surface area contributed by atoms with Gasteiger partial charge in [-0.2, -0.15) is 0 Å². The van der Waals surface area contributed by atoms with Gasteiger partial charge < -0.3 is 9.47 Å². The van der Waals surface area contributed by atoms with Crippen LogP contribution in [0.4, 0.5) is 4.79 Å². The van der Waals surface area contributed by atoms with Gasteiger partial charge in [-0.1, -0.05) is 74.5 Å². The molecule has 2 amide bonds. The van der Waals surface area contributed by atoms with Crippen molar-refractivity contribution >= 4 is 12.0 Å². The lowest BCUT2D eigenvalue weighted by atomic mass is 9.94. The van der Waals surface area contributed by atoms with Crippen molar-refractivity contribution in [2.75, 3.05) is 13.2 Å². The summed E-state index contributed by atoms with van der Waals surface area (Å²) in [5.41, 5.74) is 2.07. The minimum atomic E-state index is -0.546. The molecule has 1 aliphatic heterocycles. The van der Waals surface area contributed by atoms with Crippen LogP contribution in [0.5, 0.6) is 0 Å². The number of carbonyl (C=O) groups excluding carboxylic acids is 2. The van der Waals surface area contributed by atoms with Gasteiger partial charge in [0.2, 0.25) is 5.91 Å². The highest BCUT2D eigenvalue weighted by Gasteiger charge is 2.38. The van der Waals surface area contributed by atoms with Crippen molar-refractivity contribution in [1.82, 2.24) is 4.90 Å². The van der Waals surface area contributed by atoms with E-state index in [9.17, 15) is 9.59 Å². The summed E-state index contributed by atoms with van der Waals surface area (Å²) in [6, 6.07) is 19.3. The van der Waals surface area contributed by atoms with Crippen molar-refractivity contribution in [3.05, 3.63) is 71.8 Å². The Labute approximate surface area is 172 Å². The largest absolute Gasteiger partial charge is 0.446 e. The Morgan fingerprint density at radius 2 is 1.72 bits per heavy atom. The molecule has 3 atom stereocenters. The van der Waals surface area contributed by atoms with E-state index in [0.29, 0.717) is 25.6 Å². The fourth-order valence-corrected chi connectivity index (χ4v) is 3.80. The zero-order valence-corrected chi connectivity index (χ0v) is 17.1. The van der Waals surface area contributed by atoms with Gasteiger partial charge in [0.1, 0.15) is 12.6 Å². The fourth-order valence-electron chi connectivity index (χ4n) is 3.80. The topological polar surface area (TPSA) is 55.8 Å². The van der Waals surface area contributed by atoms with Gasteiger partial charge in [0, 0.05) is 13.0 Å². The minimum Gasteiger partial charge on any atom is -0.446 e. The SMILES string of the molecule is C[C@H](COCc1ccccc1)C[C@H](C)CC(=O)N1C(=O)OC[C@@H]1c1ccccc1. The zero-order chi connectivity index (χ0) is 20.6. The number of hydrogen-bond acceptors (Lipinski definition) is 4. The van der Waals surface area contributed by atoms with Crippen molar-refractivity contribution in [3.8, 4) is 0 Å². The highest BCUT2D eigenvalue weighted by Crippen LogP contribution is 2.29. The van der Waals surface area contributed by atoms with E-state index in [4.69, 9.17) is 9.47 Å².